The maximum absolute atomic E-state index is 14.0. The number of carbonyl (C=O) groups is 1. The van der Waals surface area contributed by atoms with Crippen molar-refractivity contribution in [1.29, 1.82) is 0 Å². The molecule has 1 aliphatic carbocycles. The van der Waals surface area contributed by atoms with Gasteiger partial charge in [-0.1, -0.05) is 55.8 Å². The molecule has 0 aromatic heterocycles. The van der Waals surface area contributed by atoms with Gasteiger partial charge in [-0.15, -0.1) is 0 Å². The molecule has 1 spiro atoms. The fraction of sp³-hybridized carbons (Fsp3) is 0.581. The van der Waals surface area contributed by atoms with Gasteiger partial charge in [-0.2, -0.15) is 0 Å². The van der Waals surface area contributed by atoms with Gasteiger partial charge < -0.3 is 14.4 Å². The zero-order valence-electron chi connectivity index (χ0n) is 21.7. The fourth-order valence-corrected chi connectivity index (χ4v) is 8.29. The van der Waals surface area contributed by atoms with Crippen LogP contribution in [0.2, 0.25) is 0 Å². The van der Waals surface area contributed by atoms with Gasteiger partial charge in [0.15, 0.2) is 0 Å². The highest BCUT2D eigenvalue weighted by molar-refractivity contribution is 6.00. The number of carbonyl (C=O) groups excluding carboxylic acids is 1. The van der Waals surface area contributed by atoms with Crippen LogP contribution in [0.15, 0.2) is 54.6 Å². The molecule has 36 heavy (non-hydrogen) atoms. The molecule has 5 nitrogen and oxygen atoms in total. The summed E-state index contributed by atoms with van der Waals surface area (Å²) in [4.78, 5) is 16.0. The molecule has 7 rings (SSSR count). The Hall–Kier alpha value is -2.21. The Morgan fingerprint density at radius 1 is 0.944 bits per heavy atom. The second kappa shape index (κ2) is 8.14. The van der Waals surface area contributed by atoms with Gasteiger partial charge in [-0.05, 0) is 69.6 Å². The van der Waals surface area contributed by atoms with Crippen molar-refractivity contribution < 1.29 is 14.3 Å². The monoisotopic (exact) mass is 486 g/mol. The van der Waals surface area contributed by atoms with Gasteiger partial charge in [0.05, 0.1) is 24.2 Å². The highest BCUT2D eigenvalue weighted by atomic mass is 16.5. The smallest absolute Gasteiger partial charge is 0.233 e. The number of benzene rings is 2. The molecule has 5 heteroatoms. The Morgan fingerprint density at radius 3 is 2.47 bits per heavy atom. The SMILES string of the molecule is C[C@@H]1CC[C@@H]2[C@@H](C1)O[C@@H](c1ccccc1[C@@H]1N(c3ccccc3)C(=O)[C@H]3C[C@@H]4CC[C@@]31O4)NC2(C)C. The molecule has 2 bridgehead atoms. The lowest BCUT2D eigenvalue weighted by molar-refractivity contribution is -0.157. The second-order valence-electron chi connectivity index (χ2n) is 12.5. The van der Waals surface area contributed by atoms with E-state index in [-0.39, 0.29) is 41.8 Å². The second-order valence-corrected chi connectivity index (χ2v) is 12.5. The number of para-hydroxylation sites is 1. The molecule has 8 atom stereocenters. The van der Waals surface area contributed by atoms with Crippen molar-refractivity contribution in [2.24, 2.45) is 17.8 Å². The maximum atomic E-state index is 14.0. The summed E-state index contributed by atoms with van der Waals surface area (Å²) in [6, 6.07) is 18.7. The van der Waals surface area contributed by atoms with E-state index >= 15 is 0 Å². The van der Waals surface area contributed by atoms with Gasteiger partial charge in [0.1, 0.15) is 11.8 Å². The van der Waals surface area contributed by atoms with Gasteiger partial charge in [0.2, 0.25) is 5.91 Å². The Bertz CT molecular complexity index is 1170. The van der Waals surface area contributed by atoms with Crippen molar-refractivity contribution in [3.05, 3.63) is 65.7 Å². The molecule has 5 fully saturated rings. The van der Waals surface area contributed by atoms with E-state index in [4.69, 9.17) is 9.47 Å². The van der Waals surface area contributed by atoms with Crippen molar-refractivity contribution in [1.82, 2.24) is 5.32 Å². The molecular formula is C31H38N2O3. The number of nitrogens with one attached hydrogen (secondary N) is 1. The van der Waals surface area contributed by atoms with Crippen molar-refractivity contribution in [2.75, 3.05) is 4.90 Å². The van der Waals surface area contributed by atoms with Crippen LogP contribution in [0.25, 0.3) is 0 Å². The quantitative estimate of drug-likeness (QED) is 0.586. The molecule has 1 amide bonds. The summed E-state index contributed by atoms with van der Waals surface area (Å²) < 4.78 is 13.6. The molecule has 1 saturated carbocycles. The first kappa shape index (κ1) is 22.9. The largest absolute Gasteiger partial charge is 0.368 e. The topological polar surface area (TPSA) is 50.8 Å². The van der Waals surface area contributed by atoms with Gasteiger partial charge in [-0.25, -0.2) is 0 Å². The zero-order chi connectivity index (χ0) is 24.7. The molecule has 1 N–H and O–H groups in total. The molecule has 2 aromatic rings. The van der Waals surface area contributed by atoms with Crippen molar-refractivity contribution in [2.45, 2.75) is 94.9 Å². The third-order valence-electron chi connectivity index (χ3n) is 9.99. The van der Waals surface area contributed by atoms with Crippen LogP contribution in [0.5, 0.6) is 0 Å². The van der Waals surface area contributed by atoms with Gasteiger partial charge in [0.25, 0.3) is 0 Å². The predicted molar refractivity (Wildman–Crippen MR) is 139 cm³/mol. The first-order valence-electron chi connectivity index (χ1n) is 14.0. The summed E-state index contributed by atoms with van der Waals surface area (Å²) >= 11 is 0. The predicted octanol–water partition coefficient (Wildman–Crippen LogP) is 5.91. The molecule has 2 aromatic carbocycles. The molecule has 4 aliphatic heterocycles. The molecule has 4 heterocycles. The first-order chi connectivity index (χ1) is 17.4. The Morgan fingerprint density at radius 2 is 1.69 bits per heavy atom. The lowest BCUT2D eigenvalue weighted by Gasteiger charge is -2.52. The third-order valence-corrected chi connectivity index (χ3v) is 9.99. The van der Waals surface area contributed by atoms with E-state index in [0.717, 1.165) is 42.5 Å². The summed E-state index contributed by atoms with van der Waals surface area (Å²) in [5, 5.41) is 3.89. The number of amides is 1. The number of ether oxygens (including phenoxy) is 2. The Balaban J connectivity index is 1.33. The summed E-state index contributed by atoms with van der Waals surface area (Å²) in [6.45, 7) is 7.03. The zero-order valence-corrected chi connectivity index (χ0v) is 21.7. The van der Waals surface area contributed by atoms with Crippen molar-refractivity contribution >= 4 is 11.6 Å². The third kappa shape index (κ3) is 3.28. The summed E-state index contributed by atoms with van der Waals surface area (Å²) in [5.41, 5.74) is 2.79. The van der Waals surface area contributed by atoms with E-state index in [0.29, 0.717) is 11.8 Å². The molecule has 0 radical (unpaired) electrons. The van der Waals surface area contributed by atoms with Crippen molar-refractivity contribution in [3.8, 4) is 0 Å². The van der Waals surface area contributed by atoms with Crippen LogP contribution in [0, 0.1) is 17.8 Å². The molecule has 4 saturated heterocycles. The first-order valence-corrected chi connectivity index (χ1v) is 14.0. The van der Waals surface area contributed by atoms with E-state index in [9.17, 15) is 4.79 Å². The minimum Gasteiger partial charge on any atom is -0.368 e. The minimum absolute atomic E-state index is 0.0193. The van der Waals surface area contributed by atoms with Gasteiger partial charge in [-0.3, -0.25) is 10.1 Å². The van der Waals surface area contributed by atoms with Crippen LogP contribution in [0.3, 0.4) is 0 Å². The van der Waals surface area contributed by atoms with E-state index in [1.54, 1.807) is 0 Å². The average Bonchev–Trinajstić information content (AvgIpc) is 3.52. The van der Waals surface area contributed by atoms with Crippen LogP contribution >= 0.6 is 0 Å². The van der Waals surface area contributed by atoms with E-state index < -0.39 is 5.60 Å². The highest BCUT2D eigenvalue weighted by Crippen LogP contribution is 2.62. The van der Waals surface area contributed by atoms with Crippen molar-refractivity contribution in [3.63, 3.8) is 0 Å². The lowest BCUT2D eigenvalue weighted by atomic mass is 9.70. The van der Waals surface area contributed by atoms with Crippen LogP contribution in [-0.2, 0) is 14.3 Å². The molecule has 0 unspecified atom stereocenters. The summed E-state index contributed by atoms with van der Waals surface area (Å²) in [6.07, 6.45) is 6.67. The normalized spacial score (nSPS) is 40.8. The Labute approximate surface area is 214 Å². The number of anilines is 1. The number of hydrogen-bond acceptors (Lipinski definition) is 4. The van der Waals surface area contributed by atoms with Gasteiger partial charge >= 0.3 is 0 Å². The summed E-state index contributed by atoms with van der Waals surface area (Å²) in [5.74, 6) is 1.35. The number of fused-ring (bicyclic) bond motifs is 2. The standard InChI is InChI=1S/C31H38N2O3/c1-19-13-14-24-26(17-19)35-28(32-30(24,2)3)23-12-8-7-11-22(23)27-31-16-15-21(36-31)18-25(31)29(34)33(27)20-9-5-4-6-10-20/h4-12,19,21,24-28,32H,13-18H2,1-3H3/t19-,21+,24-,25-,26-,27+,28+,31-/m1/s1. The number of rotatable bonds is 3. The van der Waals surface area contributed by atoms with Crippen LogP contribution in [-0.4, -0.2) is 29.3 Å². The number of nitrogens with zero attached hydrogens (tertiary/aromatic N) is 1. The van der Waals surface area contributed by atoms with E-state index in [2.05, 4.69) is 62.5 Å². The van der Waals surface area contributed by atoms with E-state index in [1.165, 1.54) is 12.8 Å². The van der Waals surface area contributed by atoms with Gasteiger partial charge in [0, 0.05) is 22.7 Å². The molecule has 190 valence electrons. The van der Waals surface area contributed by atoms with Crippen LogP contribution in [0.4, 0.5) is 5.69 Å². The minimum atomic E-state index is -0.459. The van der Waals surface area contributed by atoms with Crippen LogP contribution in [0.1, 0.15) is 82.7 Å². The van der Waals surface area contributed by atoms with Crippen LogP contribution < -0.4 is 10.2 Å². The fourth-order valence-electron chi connectivity index (χ4n) is 8.29. The lowest BCUT2D eigenvalue weighted by Crippen LogP contribution is -2.59. The highest BCUT2D eigenvalue weighted by Gasteiger charge is 2.68. The molecule has 5 aliphatic rings. The summed E-state index contributed by atoms with van der Waals surface area (Å²) in [7, 11) is 0. The number of hydrogen-bond donors (Lipinski definition) is 1. The van der Waals surface area contributed by atoms with E-state index in [1.807, 2.05) is 23.1 Å². The maximum Gasteiger partial charge on any atom is 0.233 e. The molecular weight excluding hydrogens is 448 g/mol. The average molecular weight is 487 g/mol. The Kier molecular flexibility index (Phi) is 5.19.